The molecule has 0 radical (unpaired) electrons. The number of aromatic nitrogens is 2. The van der Waals surface area contributed by atoms with Crippen molar-refractivity contribution in [3.8, 4) is 17.2 Å². The molecule has 0 saturated heterocycles. The normalized spacial score (nSPS) is 13.0. The van der Waals surface area contributed by atoms with Gasteiger partial charge in [-0.1, -0.05) is 6.07 Å². The van der Waals surface area contributed by atoms with E-state index in [4.69, 9.17) is 9.47 Å². The van der Waals surface area contributed by atoms with Crippen LogP contribution in [0.4, 0.5) is 18.9 Å². The summed E-state index contributed by atoms with van der Waals surface area (Å²) >= 11 is 0. The van der Waals surface area contributed by atoms with Crippen molar-refractivity contribution in [2.75, 3.05) is 18.5 Å². The van der Waals surface area contributed by atoms with Crippen molar-refractivity contribution in [1.82, 2.24) is 9.78 Å². The molecule has 1 aromatic heterocycles. The van der Waals surface area contributed by atoms with Gasteiger partial charge in [-0.15, -0.1) is 0 Å². The van der Waals surface area contributed by atoms with E-state index in [-0.39, 0.29) is 22.6 Å². The van der Waals surface area contributed by atoms with E-state index in [1.54, 1.807) is 18.2 Å². The second kappa shape index (κ2) is 8.03. The summed E-state index contributed by atoms with van der Waals surface area (Å²) in [6.45, 7) is 3.83. The summed E-state index contributed by atoms with van der Waals surface area (Å²) in [6.07, 6.45) is -4.52. The number of carbonyl (C=O) groups excluding carboxylic acids is 2. The van der Waals surface area contributed by atoms with Gasteiger partial charge in [0.2, 0.25) is 0 Å². The molecule has 0 spiro atoms. The maximum Gasteiger partial charge on any atom is 0.416 e. The Balaban J connectivity index is 1.60. The molecule has 0 fully saturated rings. The number of fused-ring (bicyclic) bond motifs is 1. The molecule has 0 aliphatic carbocycles. The van der Waals surface area contributed by atoms with Crippen LogP contribution in [0, 0.1) is 13.8 Å². The molecular weight excluding hydrogens is 427 g/mol. The first-order valence-electron chi connectivity index (χ1n) is 9.64. The third kappa shape index (κ3) is 4.03. The molecule has 1 N–H and O–H groups in total. The van der Waals surface area contributed by atoms with Crippen LogP contribution < -0.4 is 14.8 Å². The number of hydrogen-bond acceptors (Lipinski definition) is 5. The minimum atomic E-state index is -4.52. The molecule has 32 heavy (non-hydrogen) atoms. The molecule has 166 valence electrons. The maximum absolute atomic E-state index is 13.1. The number of ketones is 1. The highest BCUT2D eigenvalue weighted by Crippen LogP contribution is 2.33. The van der Waals surface area contributed by atoms with Crippen LogP contribution in [0.25, 0.3) is 5.69 Å². The zero-order chi connectivity index (χ0) is 23.0. The largest absolute Gasteiger partial charge is 0.486 e. The van der Waals surface area contributed by atoms with Gasteiger partial charge in [-0.05, 0) is 44.2 Å². The average Bonchev–Trinajstić information content (AvgIpc) is 3.06. The highest BCUT2D eigenvalue weighted by Gasteiger charge is 2.31. The second-order valence-electron chi connectivity index (χ2n) is 7.15. The van der Waals surface area contributed by atoms with Crippen molar-refractivity contribution < 1.29 is 32.2 Å². The number of nitrogens with zero attached hydrogens (tertiary/aromatic N) is 2. The van der Waals surface area contributed by atoms with Gasteiger partial charge in [-0.2, -0.15) is 18.3 Å². The Morgan fingerprint density at radius 3 is 2.47 bits per heavy atom. The van der Waals surface area contributed by atoms with Gasteiger partial charge >= 0.3 is 6.18 Å². The lowest BCUT2D eigenvalue weighted by Crippen LogP contribution is -2.24. The van der Waals surface area contributed by atoms with Crippen molar-refractivity contribution in [2.24, 2.45) is 0 Å². The Labute approximate surface area is 180 Å². The van der Waals surface area contributed by atoms with Crippen molar-refractivity contribution >= 4 is 17.4 Å². The number of ether oxygens (including phenoxy) is 2. The zero-order valence-corrected chi connectivity index (χ0v) is 17.1. The van der Waals surface area contributed by atoms with Crippen LogP contribution in [0.2, 0.25) is 0 Å². The molecule has 0 saturated carbocycles. The molecule has 1 aliphatic heterocycles. The monoisotopic (exact) mass is 445 g/mol. The van der Waals surface area contributed by atoms with E-state index in [9.17, 15) is 22.8 Å². The van der Waals surface area contributed by atoms with Gasteiger partial charge in [0.25, 0.3) is 11.7 Å². The van der Waals surface area contributed by atoms with Crippen LogP contribution in [-0.2, 0) is 11.0 Å². The SMILES string of the molecule is Cc1nn(-c2cccc(C(F)(F)F)c2)c(C)c1C(=O)C(=O)Nc1ccc2c(c1)OCCO2. The summed E-state index contributed by atoms with van der Waals surface area (Å²) in [5.41, 5.74) is 0.135. The van der Waals surface area contributed by atoms with E-state index in [2.05, 4.69) is 10.4 Å². The standard InChI is InChI=1S/C22H18F3N3O4/c1-12-19(13(2)28(27-12)16-5-3-4-14(10-16)22(23,24)25)20(29)21(30)26-15-6-7-17-18(11-15)32-9-8-31-17/h3-7,10-11H,8-9H2,1-2H3,(H,26,30). The van der Waals surface area contributed by atoms with Crippen LogP contribution in [0.15, 0.2) is 42.5 Å². The number of aryl methyl sites for hydroxylation is 1. The Hall–Kier alpha value is -3.82. The molecule has 0 unspecified atom stereocenters. The molecule has 4 rings (SSSR count). The number of halogens is 3. The van der Waals surface area contributed by atoms with Crippen LogP contribution in [-0.4, -0.2) is 34.7 Å². The minimum absolute atomic E-state index is 0.0254. The van der Waals surface area contributed by atoms with Gasteiger partial charge in [0.05, 0.1) is 28.2 Å². The van der Waals surface area contributed by atoms with Gasteiger partial charge in [0.1, 0.15) is 13.2 Å². The van der Waals surface area contributed by atoms with Crippen LogP contribution >= 0.6 is 0 Å². The lowest BCUT2D eigenvalue weighted by molar-refractivity contribution is -0.137. The Morgan fingerprint density at radius 2 is 1.75 bits per heavy atom. The number of benzene rings is 2. The summed E-state index contributed by atoms with van der Waals surface area (Å²) < 4.78 is 51.3. The summed E-state index contributed by atoms with van der Waals surface area (Å²) in [7, 11) is 0. The van der Waals surface area contributed by atoms with E-state index in [0.29, 0.717) is 30.4 Å². The zero-order valence-electron chi connectivity index (χ0n) is 17.1. The number of amides is 1. The Bertz CT molecular complexity index is 1220. The first-order valence-corrected chi connectivity index (χ1v) is 9.64. The smallest absolute Gasteiger partial charge is 0.416 e. The number of carbonyl (C=O) groups is 2. The first-order chi connectivity index (χ1) is 15.1. The second-order valence-corrected chi connectivity index (χ2v) is 7.15. The van der Waals surface area contributed by atoms with Crippen molar-refractivity contribution in [1.29, 1.82) is 0 Å². The van der Waals surface area contributed by atoms with Gasteiger partial charge in [-0.3, -0.25) is 9.59 Å². The number of anilines is 1. The van der Waals surface area contributed by atoms with E-state index < -0.39 is 23.4 Å². The van der Waals surface area contributed by atoms with Crippen LogP contribution in [0.3, 0.4) is 0 Å². The van der Waals surface area contributed by atoms with E-state index in [1.807, 2.05) is 0 Å². The lowest BCUT2D eigenvalue weighted by atomic mass is 10.1. The summed E-state index contributed by atoms with van der Waals surface area (Å²) in [4.78, 5) is 25.4. The molecule has 3 aromatic rings. The molecule has 2 heterocycles. The molecule has 7 nitrogen and oxygen atoms in total. The molecule has 0 atom stereocenters. The first kappa shape index (κ1) is 21.4. The van der Waals surface area contributed by atoms with Crippen molar-refractivity contribution in [3.05, 3.63) is 65.0 Å². The minimum Gasteiger partial charge on any atom is -0.486 e. The fourth-order valence-electron chi connectivity index (χ4n) is 3.46. The predicted molar refractivity (Wildman–Crippen MR) is 108 cm³/mol. The molecular formula is C22H18F3N3O4. The maximum atomic E-state index is 13.1. The molecule has 0 bridgehead atoms. The van der Waals surface area contributed by atoms with Crippen LogP contribution in [0.5, 0.6) is 11.5 Å². The van der Waals surface area contributed by atoms with Crippen molar-refractivity contribution in [3.63, 3.8) is 0 Å². The molecule has 1 aliphatic rings. The molecule has 10 heteroatoms. The van der Waals surface area contributed by atoms with Crippen molar-refractivity contribution in [2.45, 2.75) is 20.0 Å². The van der Waals surface area contributed by atoms with Gasteiger partial charge < -0.3 is 14.8 Å². The Kier molecular flexibility index (Phi) is 5.37. The lowest BCUT2D eigenvalue weighted by Gasteiger charge is -2.18. The third-order valence-electron chi connectivity index (χ3n) is 4.94. The number of alkyl halides is 3. The summed E-state index contributed by atoms with van der Waals surface area (Å²) in [5.74, 6) is -0.773. The summed E-state index contributed by atoms with van der Waals surface area (Å²) in [5, 5.41) is 6.70. The Morgan fingerprint density at radius 1 is 1.03 bits per heavy atom. The molecule has 2 aromatic carbocycles. The van der Waals surface area contributed by atoms with E-state index >= 15 is 0 Å². The quantitative estimate of drug-likeness (QED) is 0.483. The highest BCUT2D eigenvalue weighted by atomic mass is 19.4. The average molecular weight is 445 g/mol. The summed E-state index contributed by atoms with van der Waals surface area (Å²) in [6, 6.07) is 9.32. The van der Waals surface area contributed by atoms with Crippen LogP contribution in [0.1, 0.15) is 27.3 Å². The number of Topliss-reactive ketones (excluding diaryl/α,β-unsaturated/α-hetero) is 1. The predicted octanol–water partition coefficient (Wildman–Crippen LogP) is 4.10. The van der Waals surface area contributed by atoms with Gasteiger partial charge in [0, 0.05) is 11.8 Å². The fraction of sp³-hybridized carbons (Fsp3) is 0.227. The highest BCUT2D eigenvalue weighted by molar-refractivity contribution is 6.47. The van der Waals surface area contributed by atoms with E-state index in [1.165, 1.54) is 30.7 Å². The van der Waals surface area contributed by atoms with Gasteiger partial charge in [-0.25, -0.2) is 4.68 Å². The van der Waals surface area contributed by atoms with Gasteiger partial charge in [0.15, 0.2) is 11.5 Å². The number of nitrogens with one attached hydrogen (secondary N) is 1. The number of hydrogen-bond donors (Lipinski definition) is 1. The third-order valence-corrected chi connectivity index (χ3v) is 4.94. The number of rotatable bonds is 4. The van der Waals surface area contributed by atoms with E-state index in [0.717, 1.165) is 12.1 Å². The fourth-order valence-corrected chi connectivity index (χ4v) is 3.46. The topological polar surface area (TPSA) is 82.5 Å². The molecule has 1 amide bonds.